The number of aromatic nitrogens is 1. The molecule has 21 heavy (non-hydrogen) atoms. The molecule has 1 rings (SSSR count). The van der Waals surface area contributed by atoms with Crippen molar-refractivity contribution in [2.75, 3.05) is 46.8 Å². The van der Waals surface area contributed by atoms with E-state index in [1.807, 2.05) is 6.92 Å². The van der Waals surface area contributed by atoms with Crippen LogP contribution in [0.5, 0.6) is 5.88 Å². The van der Waals surface area contributed by atoms with Gasteiger partial charge in [-0.3, -0.25) is 5.41 Å². The number of hydrogen-bond donors (Lipinski definition) is 2. The first-order valence-electron chi connectivity index (χ1n) is 6.74. The molecular weight excluding hydrogens is 274 g/mol. The average Bonchev–Trinajstić information content (AvgIpc) is 2.45. The van der Waals surface area contributed by atoms with Gasteiger partial charge in [-0.1, -0.05) is 0 Å². The highest BCUT2D eigenvalue weighted by Crippen LogP contribution is 2.15. The summed E-state index contributed by atoms with van der Waals surface area (Å²) in [6.07, 6.45) is 0. The molecule has 0 aromatic carbocycles. The number of nitrogens with two attached hydrogens (primary N) is 1. The van der Waals surface area contributed by atoms with Crippen molar-refractivity contribution in [2.24, 2.45) is 5.73 Å². The highest BCUT2D eigenvalue weighted by atomic mass is 16.6. The zero-order valence-electron chi connectivity index (χ0n) is 12.6. The van der Waals surface area contributed by atoms with Crippen LogP contribution in [0.2, 0.25) is 0 Å². The summed E-state index contributed by atoms with van der Waals surface area (Å²) in [4.78, 5) is 4.22. The fourth-order valence-corrected chi connectivity index (χ4v) is 1.51. The molecule has 0 radical (unpaired) electrons. The van der Waals surface area contributed by atoms with Crippen LogP contribution < -0.4 is 10.5 Å². The Morgan fingerprint density at radius 3 is 2.33 bits per heavy atom. The van der Waals surface area contributed by atoms with Crippen molar-refractivity contribution in [3.63, 3.8) is 0 Å². The zero-order valence-corrected chi connectivity index (χ0v) is 12.6. The molecule has 0 aliphatic rings. The van der Waals surface area contributed by atoms with Gasteiger partial charge >= 0.3 is 0 Å². The topological polar surface area (TPSA) is 99.7 Å². The summed E-state index contributed by atoms with van der Waals surface area (Å²) in [7, 11) is 1.63. The second-order valence-corrected chi connectivity index (χ2v) is 4.29. The van der Waals surface area contributed by atoms with Crippen molar-refractivity contribution in [3.8, 4) is 5.88 Å². The number of nitrogens with one attached hydrogen (secondary N) is 1. The summed E-state index contributed by atoms with van der Waals surface area (Å²) in [5.74, 6) is 0.299. The Hall–Kier alpha value is -1.70. The second kappa shape index (κ2) is 10.1. The lowest BCUT2D eigenvalue weighted by molar-refractivity contribution is 0.0176. The van der Waals surface area contributed by atoms with Gasteiger partial charge in [0.2, 0.25) is 5.88 Å². The highest BCUT2D eigenvalue weighted by Gasteiger charge is 2.08. The van der Waals surface area contributed by atoms with Gasteiger partial charge < -0.3 is 24.7 Å². The largest absolute Gasteiger partial charge is 0.475 e. The van der Waals surface area contributed by atoms with E-state index in [1.54, 1.807) is 19.2 Å². The van der Waals surface area contributed by atoms with Crippen LogP contribution in [0.25, 0.3) is 0 Å². The third kappa shape index (κ3) is 7.03. The number of aryl methyl sites for hydroxylation is 1. The maximum absolute atomic E-state index is 7.47. The van der Waals surface area contributed by atoms with E-state index >= 15 is 0 Å². The molecule has 0 amide bonds. The Labute approximate surface area is 124 Å². The van der Waals surface area contributed by atoms with Crippen LogP contribution >= 0.6 is 0 Å². The Balaban J connectivity index is 2.21. The molecule has 118 valence electrons. The van der Waals surface area contributed by atoms with Gasteiger partial charge in [-0.15, -0.1) is 0 Å². The molecule has 1 aromatic rings. The van der Waals surface area contributed by atoms with E-state index in [-0.39, 0.29) is 5.84 Å². The first-order chi connectivity index (χ1) is 10.1. The Morgan fingerprint density at radius 2 is 1.71 bits per heavy atom. The second-order valence-electron chi connectivity index (χ2n) is 4.29. The Bertz CT molecular complexity index is 440. The highest BCUT2D eigenvalue weighted by molar-refractivity contribution is 5.97. The summed E-state index contributed by atoms with van der Waals surface area (Å²) in [6, 6.07) is 3.52. The third-order valence-electron chi connectivity index (χ3n) is 2.56. The minimum atomic E-state index is -0.0649. The minimum Gasteiger partial charge on any atom is -0.475 e. The van der Waals surface area contributed by atoms with Gasteiger partial charge in [0.15, 0.2) is 0 Å². The van der Waals surface area contributed by atoms with E-state index in [1.165, 1.54) is 0 Å². The van der Waals surface area contributed by atoms with Crippen molar-refractivity contribution in [2.45, 2.75) is 6.92 Å². The number of methoxy groups -OCH3 is 1. The van der Waals surface area contributed by atoms with Crippen LogP contribution in [0.4, 0.5) is 0 Å². The third-order valence-corrected chi connectivity index (χ3v) is 2.56. The molecule has 0 aliphatic carbocycles. The summed E-state index contributed by atoms with van der Waals surface area (Å²) >= 11 is 0. The van der Waals surface area contributed by atoms with Crippen LogP contribution in [-0.2, 0) is 14.2 Å². The molecule has 1 aromatic heterocycles. The molecule has 0 saturated carbocycles. The quantitative estimate of drug-likeness (QED) is 0.355. The van der Waals surface area contributed by atoms with Crippen molar-refractivity contribution in [1.82, 2.24) is 4.98 Å². The lowest BCUT2D eigenvalue weighted by atomic mass is 10.2. The van der Waals surface area contributed by atoms with Gasteiger partial charge in [-0.25, -0.2) is 4.98 Å². The number of ether oxygens (including phenoxy) is 4. The predicted molar refractivity (Wildman–Crippen MR) is 79.0 cm³/mol. The summed E-state index contributed by atoms with van der Waals surface area (Å²) < 4.78 is 21.0. The number of nitrogens with zero attached hydrogens (tertiary/aromatic N) is 1. The number of rotatable bonds is 11. The Kier molecular flexibility index (Phi) is 8.34. The molecule has 7 nitrogen and oxygen atoms in total. The van der Waals surface area contributed by atoms with E-state index in [0.29, 0.717) is 51.1 Å². The van der Waals surface area contributed by atoms with Gasteiger partial charge in [0.1, 0.15) is 12.4 Å². The van der Waals surface area contributed by atoms with E-state index < -0.39 is 0 Å². The molecule has 0 bridgehead atoms. The van der Waals surface area contributed by atoms with E-state index in [9.17, 15) is 0 Å². The van der Waals surface area contributed by atoms with Crippen molar-refractivity contribution in [3.05, 3.63) is 23.4 Å². The standard InChI is InChI=1S/C14H23N3O4/c1-11-3-4-12(13(15)16)14(17-11)21-10-9-20-8-7-19-6-5-18-2/h3-4H,5-10H2,1-2H3,(H3,15,16). The molecule has 0 saturated heterocycles. The number of nitrogen functional groups attached to an aromatic ring is 1. The predicted octanol–water partition coefficient (Wildman–Crippen LogP) is 0.732. The number of hydrogen-bond acceptors (Lipinski definition) is 6. The fraction of sp³-hybridized carbons (Fsp3) is 0.571. The fourth-order valence-electron chi connectivity index (χ4n) is 1.51. The van der Waals surface area contributed by atoms with Crippen LogP contribution in [0.1, 0.15) is 11.3 Å². The number of amidine groups is 1. The van der Waals surface area contributed by atoms with Crippen molar-refractivity contribution >= 4 is 5.84 Å². The smallest absolute Gasteiger partial charge is 0.224 e. The zero-order chi connectivity index (χ0) is 15.5. The van der Waals surface area contributed by atoms with E-state index in [0.717, 1.165) is 5.69 Å². The molecule has 0 atom stereocenters. The SMILES string of the molecule is COCCOCCOCCOc1nc(C)ccc1C(=N)N. The maximum Gasteiger partial charge on any atom is 0.224 e. The van der Waals surface area contributed by atoms with Gasteiger partial charge in [0.25, 0.3) is 0 Å². The monoisotopic (exact) mass is 297 g/mol. The molecule has 0 fully saturated rings. The van der Waals surface area contributed by atoms with Gasteiger partial charge in [-0.2, -0.15) is 0 Å². The molecule has 0 spiro atoms. The first-order valence-corrected chi connectivity index (χ1v) is 6.74. The lowest BCUT2D eigenvalue weighted by Crippen LogP contribution is -2.17. The molecule has 0 unspecified atom stereocenters. The summed E-state index contributed by atoms with van der Waals surface area (Å²) in [6.45, 7) is 4.76. The molecular formula is C14H23N3O4. The van der Waals surface area contributed by atoms with Gasteiger partial charge in [-0.05, 0) is 19.1 Å². The van der Waals surface area contributed by atoms with Crippen LogP contribution in [-0.4, -0.2) is 57.6 Å². The molecule has 7 heteroatoms. The summed E-state index contributed by atoms with van der Waals surface area (Å²) in [5.41, 5.74) is 6.78. The molecule has 0 aliphatic heterocycles. The Morgan fingerprint density at radius 1 is 1.10 bits per heavy atom. The van der Waals surface area contributed by atoms with Crippen LogP contribution in [0.3, 0.4) is 0 Å². The lowest BCUT2D eigenvalue weighted by Gasteiger charge is -2.10. The number of pyridine rings is 1. The minimum absolute atomic E-state index is 0.0649. The van der Waals surface area contributed by atoms with Crippen LogP contribution in [0.15, 0.2) is 12.1 Å². The van der Waals surface area contributed by atoms with Crippen LogP contribution in [0, 0.1) is 12.3 Å². The first kappa shape index (κ1) is 17.4. The van der Waals surface area contributed by atoms with Gasteiger partial charge in [0, 0.05) is 12.8 Å². The maximum atomic E-state index is 7.47. The summed E-state index contributed by atoms with van der Waals surface area (Å²) in [5, 5.41) is 7.47. The van der Waals surface area contributed by atoms with E-state index in [2.05, 4.69) is 4.98 Å². The average molecular weight is 297 g/mol. The van der Waals surface area contributed by atoms with Crippen molar-refractivity contribution in [1.29, 1.82) is 5.41 Å². The van der Waals surface area contributed by atoms with Crippen molar-refractivity contribution < 1.29 is 18.9 Å². The van der Waals surface area contributed by atoms with E-state index in [4.69, 9.17) is 30.1 Å². The molecule has 3 N–H and O–H groups in total. The normalized spacial score (nSPS) is 10.6. The molecule has 1 heterocycles. The van der Waals surface area contributed by atoms with Gasteiger partial charge in [0.05, 0.1) is 38.6 Å².